The van der Waals surface area contributed by atoms with Crippen LogP contribution >= 0.6 is 24.4 Å². The first kappa shape index (κ1) is 29.9. The molecule has 216 valence electrons. The van der Waals surface area contributed by atoms with E-state index in [2.05, 4.69) is 46.8 Å². The van der Waals surface area contributed by atoms with Gasteiger partial charge in [-0.2, -0.15) is 4.98 Å². The van der Waals surface area contributed by atoms with Gasteiger partial charge in [-0.25, -0.2) is 19.1 Å². The molecule has 0 fully saturated rings. The van der Waals surface area contributed by atoms with Crippen molar-refractivity contribution in [3.8, 4) is 11.9 Å². The minimum Gasteiger partial charge on any atom is -0.480 e. The zero-order valence-corrected chi connectivity index (χ0v) is 25.3. The van der Waals surface area contributed by atoms with Crippen LogP contribution in [0.4, 0.5) is 21.9 Å². The lowest BCUT2D eigenvalue weighted by atomic mass is 10.0. The zero-order chi connectivity index (χ0) is 29.8. The van der Waals surface area contributed by atoms with Crippen LogP contribution in [0.1, 0.15) is 30.5 Å². The quantitative estimate of drug-likeness (QED) is 0.358. The molecule has 0 spiro atoms. The number of halogens is 1. The molecule has 11 nitrogen and oxygen atoms in total. The monoisotopic (exact) mass is 597 g/mol. The number of benzodiazepines with no additional fused rings is 1. The van der Waals surface area contributed by atoms with Gasteiger partial charge in [-0.15, -0.1) is 0 Å². The molecule has 3 aromatic rings. The molecule has 0 saturated heterocycles. The molecule has 1 atom stereocenters. The van der Waals surface area contributed by atoms with E-state index in [9.17, 15) is 9.59 Å². The number of nitrogens with zero attached hydrogens (tertiary/aromatic N) is 6. The van der Waals surface area contributed by atoms with E-state index < -0.39 is 18.1 Å². The number of hydrogen-bond donors (Lipinski definition) is 2. The summed E-state index contributed by atoms with van der Waals surface area (Å²) >= 11 is 10.8. The average Bonchev–Trinajstić information content (AvgIpc) is 3.08. The summed E-state index contributed by atoms with van der Waals surface area (Å²) in [6.07, 6.45) is 0.122. The molecule has 2 aromatic carbocycles. The van der Waals surface area contributed by atoms with Crippen LogP contribution in [0.5, 0.6) is 11.9 Å². The molecule has 4 rings (SSSR count). The topological polar surface area (TPSA) is 112 Å². The van der Waals surface area contributed by atoms with Crippen molar-refractivity contribution in [2.75, 3.05) is 49.5 Å². The number of methoxy groups -OCH3 is 2. The highest BCUT2D eigenvalue weighted by atomic mass is 35.5. The fourth-order valence-electron chi connectivity index (χ4n) is 4.53. The van der Waals surface area contributed by atoms with Crippen molar-refractivity contribution in [1.82, 2.24) is 14.3 Å². The summed E-state index contributed by atoms with van der Waals surface area (Å²) in [5, 5.41) is 3.28. The molecule has 3 amide bonds. The van der Waals surface area contributed by atoms with Gasteiger partial charge in [-0.1, -0.05) is 24.4 Å². The van der Waals surface area contributed by atoms with Crippen LogP contribution in [-0.4, -0.2) is 72.4 Å². The Morgan fingerprint density at radius 3 is 2.49 bits per heavy atom. The molecular formula is C28H32ClN7O4S. The fraction of sp³-hybridized carbons (Fsp3) is 0.321. The Morgan fingerprint density at radius 1 is 1.12 bits per heavy atom. The number of carbonyl (C=O) groups is 2. The second-order valence-electron chi connectivity index (χ2n) is 9.14. The fourth-order valence-corrected chi connectivity index (χ4v) is 4.90. The molecular weight excluding hydrogens is 566 g/mol. The van der Waals surface area contributed by atoms with Crippen LogP contribution in [0.15, 0.2) is 47.6 Å². The number of anilines is 3. The number of urea groups is 1. The van der Waals surface area contributed by atoms with Crippen LogP contribution in [0.25, 0.3) is 0 Å². The van der Waals surface area contributed by atoms with Gasteiger partial charge < -0.3 is 24.6 Å². The lowest BCUT2D eigenvalue weighted by Crippen LogP contribution is -2.46. The van der Waals surface area contributed by atoms with Gasteiger partial charge in [0.25, 0.3) is 5.91 Å². The molecule has 1 N–H and O–H groups in total. The van der Waals surface area contributed by atoms with E-state index in [-0.39, 0.29) is 17.6 Å². The Balaban J connectivity index is 1.76. The van der Waals surface area contributed by atoms with Crippen molar-refractivity contribution in [3.05, 3.63) is 64.3 Å². The van der Waals surface area contributed by atoms with E-state index in [1.54, 1.807) is 25.2 Å². The molecule has 1 unspecified atom stereocenters. The molecule has 1 aliphatic rings. The second kappa shape index (κ2) is 12.6. The number of ether oxygens (including phenoxy) is 2. The summed E-state index contributed by atoms with van der Waals surface area (Å²) in [6.45, 7) is 7.80. The van der Waals surface area contributed by atoms with Gasteiger partial charge in [0.05, 0.1) is 31.2 Å². The van der Waals surface area contributed by atoms with Gasteiger partial charge in [0.2, 0.25) is 12.0 Å². The third-order valence-electron chi connectivity index (χ3n) is 6.76. The number of aromatic nitrogens is 2. The SMILES string of the molecule is CCN(CC)c1ccc(NC(=O)N(S)C2N=C(c3cnc(OC)nc3OC)c3cc(Cl)ccc3N(C)C2=O)c(C)c1. The Bertz CT molecular complexity index is 1500. The van der Waals surface area contributed by atoms with Gasteiger partial charge in [-0.05, 0) is 62.7 Å². The van der Waals surface area contributed by atoms with Gasteiger partial charge in [0.1, 0.15) is 0 Å². The van der Waals surface area contributed by atoms with Crippen molar-refractivity contribution in [2.24, 2.45) is 4.99 Å². The van der Waals surface area contributed by atoms with Crippen LogP contribution in [0, 0.1) is 6.92 Å². The van der Waals surface area contributed by atoms with Crippen molar-refractivity contribution in [1.29, 1.82) is 0 Å². The number of nitrogens with one attached hydrogen (secondary N) is 1. The number of aryl methyl sites for hydroxylation is 1. The Morgan fingerprint density at radius 2 is 1.85 bits per heavy atom. The first-order valence-corrected chi connectivity index (χ1v) is 13.7. The van der Waals surface area contributed by atoms with Crippen molar-refractivity contribution < 1.29 is 19.1 Å². The highest BCUT2D eigenvalue weighted by Crippen LogP contribution is 2.33. The summed E-state index contributed by atoms with van der Waals surface area (Å²) in [7, 11) is 4.48. The average molecular weight is 598 g/mol. The van der Waals surface area contributed by atoms with Crippen LogP contribution < -0.4 is 24.6 Å². The third kappa shape index (κ3) is 6.03. The summed E-state index contributed by atoms with van der Waals surface area (Å²) in [4.78, 5) is 43.9. The largest absolute Gasteiger partial charge is 0.480 e. The lowest BCUT2D eigenvalue weighted by Gasteiger charge is -2.26. The predicted octanol–water partition coefficient (Wildman–Crippen LogP) is 4.82. The standard InChI is InChI=1S/C28H32ClN7O4S/c1-7-35(8-2)18-10-11-21(16(3)13-18)31-28(38)36(41)24-26(37)34(4)22-12-9-17(29)14-19(22)23(32-24)20-15-30-27(40-6)33-25(20)39-5/h9-15,24,41H,7-8H2,1-6H3,(H,31,38). The minimum absolute atomic E-state index is 0.0912. The van der Waals surface area contributed by atoms with Crippen LogP contribution in [-0.2, 0) is 4.79 Å². The molecule has 13 heteroatoms. The molecule has 1 aliphatic heterocycles. The first-order chi connectivity index (χ1) is 19.6. The Kier molecular flexibility index (Phi) is 9.24. The molecule has 41 heavy (non-hydrogen) atoms. The number of amides is 3. The second-order valence-corrected chi connectivity index (χ2v) is 10.0. The van der Waals surface area contributed by atoms with E-state index in [0.717, 1.165) is 28.6 Å². The molecule has 0 radical (unpaired) electrons. The lowest BCUT2D eigenvalue weighted by molar-refractivity contribution is -0.121. The smallest absolute Gasteiger partial charge is 0.334 e. The normalized spacial score (nSPS) is 14.5. The number of fused-ring (bicyclic) bond motifs is 1. The van der Waals surface area contributed by atoms with Gasteiger partial charge in [0, 0.05) is 48.3 Å². The Hall–Kier alpha value is -4.03. The van der Waals surface area contributed by atoms with E-state index in [1.807, 2.05) is 25.1 Å². The van der Waals surface area contributed by atoms with Crippen molar-refractivity contribution >= 4 is 59.1 Å². The van der Waals surface area contributed by atoms with E-state index in [4.69, 9.17) is 26.1 Å². The highest BCUT2D eigenvalue weighted by molar-refractivity contribution is 7.78. The van der Waals surface area contributed by atoms with E-state index in [0.29, 0.717) is 27.5 Å². The molecule has 2 heterocycles. The molecule has 0 bridgehead atoms. The number of aliphatic imine (C=N–C) groups is 1. The summed E-state index contributed by atoms with van der Waals surface area (Å²) < 4.78 is 11.6. The molecule has 0 saturated carbocycles. The van der Waals surface area contributed by atoms with E-state index >= 15 is 0 Å². The van der Waals surface area contributed by atoms with Crippen LogP contribution in [0.2, 0.25) is 5.02 Å². The van der Waals surface area contributed by atoms with Crippen molar-refractivity contribution in [2.45, 2.75) is 26.9 Å². The van der Waals surface area contributed by atoms with Crippen LogP contribution in [0.3, 0.4) is 0 Å². The number of hydrogen-bond acceptors (Lipinski definition) is 9. The highest BCUT2D eigenvalue weighted by Gasteiger charge is 2.36. The minimum atomic E-state index is -1.36. The number of benzene rings is 2. The summed E-state index contributed by atoms with van der Waals surface area (Å²) in [5.41, 5.74) is 4.20. The third-order valence-corrected chi connectivity index (χ3v) is 7.40. The molecule has 1 aromatic heterocycles. The Labute approximate surface area is 249 Å². The van der Waals surface area contributed by atoms with Gasteiger partial charge in [-0.3, -0.25) is 4.79 Å². The maximum absolute atomic E-state index is 13.7. The maximum atomic E-state index is 13.7. The summed E-state index contributed by atoms with van der Waals surface area (Å²) in [5.74, 6) is -0.327. The predicted molar refractivity (Wildman–Crippen MR) is 164 cm³/mol. The number of thiol groups is 1. The number of rotatable bonds is 8. The molecule has 0 aliphatic carbocycles. The zero-order valence-electron chi connectivity index (χ0n) is 23.7. The van der Waals surface area contributed by atoms with Gasteiger partial charge in [0.15, 0.2) is 0 Å². The number of carbonyl (C=O) groups excluding carboxylic acids is 2. The summed E-state index contributed by atoms with van der Waals surface area (Å²) in [6, 6.07) is 10.3. The van der Waals surface area contributed by atoms with Gasteiger partial charge >= 0.3 is 12.0 Å². The maximum Gasteiger partial charge on any atom is 0.334 e. The number of likely N-dealkylation sites (N-methyl/N-ethyl adjacent to an activating group) is 1. The van der Waals surface area contributed by atoms with Crippen molar-refractivity contribution in [3.63, 3.8) is 0 Å². The first-order valence-electron chi connectivity index (χ1n) is 12.9. The van der Waals surface area contributed by atoms with E-state index in [1.165, 1.54) is 25.3 Å².